The molecule has 0 fully saturated rings. The zero-order valence-corrected chi connectivity index (χ0v) is 9.19. The van der Waals surface area contributed by atoms with E-state index >= 15 is 0 Å². The van der Waals surface area contributed by atoms with Gasteiger partial charge in [0.15, 0.2) is 5.78 Å². The summed E-state index contributed by atoms with van der Waals surface area (Å²) in [6.07, 6.45) is 2.52. The van der Waals surface area contributed by atoms with Gasteiger partial charge in [0.25, 0.3) is 0 Å². The predicted molar refractivity (Wildman–Crippen MR) is 62.7 cm³/mol. The quantitative estimate of drug-likeness (QED) is 0.558. The Bertz CT molecular complexity index is 477. The van der Waals surface area contributed by atoms with Crippen LogP contribution in [0.1, 0.15) is 22.3 Å². The van der Waals surface area contributed by atoms with Crippen molar-refractivity contribution in [2.75, 3.05) is 11.9 Å². The van der Waals surface area contributed by atoms with Crippen molar-refractivity contribution in [3.05, 3.63) is 42.0 Å². The van der Waals surface area contributed by atoms with Crippen LogP contribution in [0.4, 0.5) is 5.69 Å². The van der Waals surface area contributed by atoms with Gasteiger partial charge in [-0.15, -0.1) is 0 Å². The average Bonchev–Trinajstić information content (AvgIpc) is 2.32. The summed E-state index contributed by atoms with van der Waals surface area (Å²) in [6.45, 7) is 3.46. The third-order valence-electron chi connectivity index (χ3n) is 2.89. The maximum Gasteiger partial charge on any atom is 0.227 e. The van der Waals surface area contributed by atoms with Gasteiger partial charge in [-0.1, -0.05) is 6.58 Å². The van der Waals surface area contributed by atoms with Gasteiger partial charge in [0.05, 0.1) is 0 Å². The SMILES string of the molecule is C=CC(=O)c1ccc2c(c1)CCC(=O)N2C. The molecule has 0 saturated carbocycles. The number of nitrogens with zero attached hydrogens (tertiary/aromatic N) is 1. The van der Waals surface area contributed by atoms with Crippen molar-refractivity contribution in [1.82, 2.24) is 0 Å². The minimum Gasteiger partial charge on any atom is -0.315 e. The minimum absolute atomic E-state index is 0.0812. The van der Waals surface area contributed by atoms with Crippen molar-refractivity contribution < 1.29 is 9.59 Å². The van der Waals surface area contributed by atoms with Crippen LogP contribution in [0.5, 0.6) is 0 Å². The standard InChI is InChI=1S/C13H13NO2/c1-3-12(15)10-4-6-11-9(8-10)5-7-13(16)14(11)2/h3-4,6,8H,1,5,7H2,2H3. The first-order valence-corrected chi connectivity index (χ1v) is 5.19. The summed E-state index contributed by atoms with van der Waals surface area (Å²) in [6, 6.07) is 5.41. The zero-order valence-electron chi connectivity index (χ0n) is 9.19. The Balaban J connectivity index is 2.44. The number of benzene rings is 1. The molecule has 2 rings (SSSR count). The summed E-state index contributed by atoms with van der Waals surface area (Å²) < 4.78 is 0. The first-order valence-electron chi connectivity index (χ1n) is 5.19. The van der Waals surface area contributed by atoms with Gasteiger partial charge in [-0.2, -0.15) is 0 Å². The Morgan fingerprint density at radius 3 is 2.88 bits per heavy atom. The Labute approximate surface area is 94.4 Å². The molecule has 0 saturated heterocycles. The molecule has 1 heterocycles. The highest BCUT2D eigenvalue weighted by atomic mass is 16.2. The lowest BCUT2D eigenvalue weighted by Crippen LogP contribution is -2.31. The molecule has 16 heavy (non-hydrogen) atoms. The Morgan fingerprint density at radius 1 is 1.44 bits per heavy atom. The molecule has 1 aliphatic rings. The number of amides is 1. The summed E-state index contributed by atoms with van der Waals surface area (Å²) >= 11 is 0. The van der Waals surface area contributed by atoms with Crippen LogP contribution >= 0.6 is 0 Å². The third kappa shape index (κ3) is 1.65. The Morgan fingerprint density at radius 2 is 2.19 bits per heavy atom. The highest BCUT2D eigenvalue weighted by Gasteiger charge is 2.21. The summed E-state index contributed by atoms with van der Waals surface area (Å²) in [7, 11) is 1.76. The number of anilines is 1. The van der Waals surface area contributed by atoms with Crippen LogP contribution < -0.4 is 4.90 Å². The molecule has 0 spiro atoms. The number of hydrogen-bond donors (Lipinski definition) is 0. The highest BCUT2D eigenvalue weighted by molar-refractivity contribution is 6.05. The van der Waals surface area contributed by atoms with Crippen molar-refractivity contribution >= 4 is 17.4 Å². The second kappa shape index (κ2) is 3.93. The summed E-state index contributed by atoms with van der Waals surface area (Å²) in [4.78, 5) is 24.6. The molecule has 1 aromatic carbocycles. The zero-order chi connectivity index (χ0) is 11.7. The number of carbonyl (C=O) groups is 2. The van der Waals surface area contributed by atoms with Gasteiger partial charge in [0.1, 0.15) is 0 Å². The highest BCUT2D eigenvalue weighted by Crippen LogP contribution is 2.27. The van der Waals surface area contributed by atoms with Crippen LogP contribution in [0.2, 0.25) is 0 Å². The fourth-order valence-electron chi connectivity index (χ4n) is 1.93. The fraction of sp³-hybridized carbons (Fsp3) is 0.231. The van der Waals surface area contributed by atoms with Crippen LogP contribution in [0.15, 0.2) is 30.9 Å². The van der Waals surface area contributed by atoms with E-state index in [4.69, 9.17) is 0 Å². The maximum absolute atomic E-state index is 11.5. The maximum atomic E-state index is 11.5. The fourth-order valence-corrected chi connectivity index (χ4v) is 1.93. The monoisotopic (exact) mass is 215 g/mol. The van der Waals surface area contributed by atoms with Crippen LogP contribution in [0.3, 0.4) is 0 Å². The number of ketones is 1. The van der Waals surface area contributed by atoms with E-state index in [0.717, 1.165) is 11.3 Å². The van der Waals surface area contributed by atoms with E-state index in [1.54, 1.807) is 18.0 Å². The molecule has 82 valence electrons. The largest absolute Gasteiger partial charge is 0.315 e. The third-order valence-corrected chi connectivity index (χ3v) is 2.89. The normalized spacial score (nSPS) is 14.6. The number of aryl methyl sites for hydroxylation is 1. The van der Waals surface area contributed by atoms with Crippen molar-refractivity contribution in [3.8, 4) is 0 Å². The molecule has 0 aliphatic carbocycles. The van der Waals surface area contributed by atoms with Gasteiger partial charge < -0.3 is 4.90 Å². The number of allylic oxidation sites excluding steroid dienone is 1. The number of carbonyl (C=O) groups excluding carboxylic acids is 2. The van der Waals surface area contributed by atoms with Crippen LogP contribution in [0, 0.1) is 0 Å². The van der Waals surface area contributed by atoms with Gasteiger partial charge in [0.2, 0.25) is 5.91 Å². The van der Waals surface area contributed by atoms with Gasteiger partial charge in [0, 0.05) is 24.7 Å². The Hall–Kier alpha value is -1.90. The van der Waals surface area contributed by atoms with E-state index in [2.05, 4.69) is 6.58 Å². The van der Waals surface area contributed by atoms with Crippen LogP contribution in [0.25, 0.3) is 0 Å². The first-order chi connectivity index (χ1) is 7.63. The van der Waals surface area contributed by atoms with Gasteiger partial charge >= 0.3 is 0 Å². The number of rotatable bonds is 2. The van der Waals surface area contributed by atoms with Crippen LogP contribution in [-0.4, -0.2) is 18.7 Å². The molecular formula is C13H13NO2. The number of hydrogen-bond acceptors (Lipinski definition) is 2. The first kappa shape index (κ1) is 10.6. The van der Waals surface area contributed by atoms with Crippen molar-refractivity contribution in [2.45, 2.75) is 12.8 Å². The van der Waals surface area contributed by atoms with E-state index in [1.807, 2.05) is 12.1 Å². The van der Waals surface area contributed by atoms with E-state index in [-0.39, 0.29) is 11.7 Å². The van der Waals surface area contributed by atoms with E-state index in [9.17, 15) is 9.59 Å². The number of fused-ring (bicyclic) bond motifs is 1. The summed E-state index contributed by atoms with van der Waals surface area (Å²) in [5.41, 5.74) is 2.59. The van der Waals surface area contributed by atoms with Crippen molar-refractivity contribution in [1.29, 1.82) is 0 Å². The van der Waals surface area contributed by atoms with Gasteiger partial charge in [-0.25, -0.2) is 0 Å². The molecule has 3 heteroatoms. The second-order valence-electron chi connectivity index (χ2n) is 3.86. The molecule has 0 unspecified atom stereocenters. The molecule has 1 aromatic rings. The molecule has 0 atom stereocenters. The van der Waals surface area contributed by atoms with Crippen molar-refractivity contribution in [3.63, 3.8) is 0 Å². The van der Waals surface area contributed by atoms with E-state index < -0.39 is 0 Å². The molecular weight excluding hydrogens is 202 g/mol. The second-order valence-corrected chi connectivity index (χ2v) is 3.86. The van der Waals surface area contributed by atoms with E-state index in [1.165, 1.54) is 6.08 Å². The minimum atomic E-state index is -0.0812. The molecule has 0 radical (unpaired) electrons. The molecule has 3 nitrogen and oxygen atoms in total. The lowest BCUT2D eigenvalue weighted by molar-refractivity contribution is -0.118. The van der Waals surface area contributed by atoms with Crippen molar-refractivity contribution in [2.24, 2.45) is 0 Å². The molecule has 1 amide bonds. The van der Waals surface area contributed by atoms with Gasteiger partial charge in [-0.05, 0) is 36.3 Å². The predicted octanol–water partition coefficient (Wildman–Crippen LogP) is 1.96. The summed E-state index contributed by atoms with van der Waals surface area (Å²) in [5, 5.41) is 0. The smallest absolute Gasteiger partial charge is 0.227 e. The molecule has 0 bridgehead atoms. The average molecular weight is 215 g/mol. The lowest BCUT2D eigenvalue weighted by atomic mass is 9.98. The molecule has 0 aromatic heterocycles. The molecule has 1 aliphatic heterocycles. The summed E-state index contributed by atoms with van der Waals surface area (Å²) in [5.74, 6) is 0.0395. The Kier molecular flexibility index (Phi) is 2.60. The van der Waals surface area contributed by atoms with Crippen LogP contribution in [-0.2, 0) is 11.2 Å². The van der Waals surface area contributed by atoms with Gasteiger partial charge in [-0.3, -0.25) is 9.59 Å². The van der Waals surface area contributed by atoms with E-state index in [0.29, 0.717) is 18.4 Å². The molecule has 0 N–H and O–H groups in total. The topological polar surface area (TPSA) is 37.4 Å². The lowest BCUT2D eigenvalue weighted by Gasteiger charge is -2.25.